The molecule has 0 aliphatic rings. The van der Waals surface area contributed by atoms with E-state index in [1.807, 2.05) is 13.1 Å². The molecule has 1 heterocycles. The average molecular weight is 328 g/mol. The zero-order valence-corrected chi connectivity index (χ0v) is 12.6. The summed E-state index contributed by atoms with van der Waals surface area (Å²) < 4.78 is 2.73. The second-order valence-electron chi connectivity index (χ2n) is 3.72. The molecule has 0 fully saturated rings. The number of hydrogen-bond donors (Lipinski definition) is 1. The van der Waals surface area contributed by atoms with E-state index in [1.54, 1.807) is 16.4 Å². The van der Waals surface area contributed by atoms with Gasteiger partial charge in [-0.25, -0.2) is 4.68 Å². The Kier molecular flexibility index (Phi) is 4.73. The van der Waals surface area contributed by atoms with E-state index in [4.69, 9.17) is 0 Å². The standard InChI is InChI=1S/C11H14BrN5S/c1-3-13-7-8-4-5-9(12)6-10(8)18-11-14-15-16-17(11)2/h4-6,13H,3,7H2,1-2H3. The van der Waals surface area contributed by atoms with Crippen LogP contribution in [0.2, 0.25) is 0 Å². The fourth-order valence-electron chi connectivity index (χ4n) is 1.44. The molecule has 0 amide bonds. The van der Waals surface area contributed by atoms with Gasteiger partial charge in [0.05, 0.1) is 0 Å². The molecule has 96 valence electrons. The zero-order chi connectivity index (χ0) is 13.0. The third kappa shape index (κ3) is 3.30. The lowest BCUT2D eigenvalue weighted by molar-refractivity contribution is 0.664. The summed E-state index contributed by atoms with van der Waals surface area (Å²) in [5, 5.41) is 15.6. The van der Waals surface area contributed by atoms with Gasteiger partial charge in [0.1, 0.15) is 0 Å². The van der Waals surface area contributed by atoms with Gasteiger partial charge in [-0.3, -0.25) is 0 Å². The predicted octanol–water partition coefficient (Wildman–Crippen LogP) is 2.23. The Morgan fingerprint density at radius 2 is 2.28 bits per heavy atom. The van der Waals surface area contributed by atoms with Crippen molar-refractivity contribution in [2.45, 2.75) is 23.5 Å². The van der Waals surface area contributed by atoms with E-state index in [0.717, 1.165) is 27.6 Å². The summed E-state index contributed by atoms with van der Waals surface area (Å²) in [5.41, 5.74) is 1.24. The van der Waals surface area contributed by atoms with E-state index in [-0.39, 0.29) is 0 Å². The van der Waals surface area contributed by atoms with Gasteiger partial charge in [0.25, 0.3) is 0 Å². The molecule has 0 radical (unpaired) electrons. The molecule has 0 saturated heterocycles. The smallest absolute Gasteiger partial charge is 0.213 e. The summed E-state index contributed by atoms with van der Waals surface area (Å²) >= 11 is 5.06. The number of benzene rings is 1. The lowest BCUT2D eigenvalue weighted by Crippen LogP contribution is -2.12. The Balaban J connectivity index is 2.24. The molecule has 0 unspecified atom stereocenters. The van der Waals surface area contributed by atoms with E-state index in [2.05, 4.69) is 55.8 Å². The molecule has 0 atom stereocenters. The van der Waals surface area contributed by atoms with Gasteiger partial charge in [0.2, 0.25) is 5.16 Å². The monoisotopic (exact) mass is 327 g/mol. The van der Waals surface area contributed by atoms with Crippen molar-refractivity contribution in [2.75, 3.05) is 6.54 Å². The van der Waals surface area contributed by atoms with Crippen LogP contribution in [0.15, 0.2) is 32.7 Å². The maximum absolute atomic E-state index is 3.99. The first-order valence-electron chi connectivity index (χ1n) is 5.60. The van der Waals surface area contributed by atoms with Gasteiger partial charge >= 0.3 is 0 Å². The highest BCUT2D eigenvalue weighted by Gasteiger charge is 2.09. The number of hydrogen-bond acceptors (Lipinski definition) is 5. The molecular formula is C11H14BrN5S. The molecule has 0 spiro atoms. The second kappa shape index (κ2) is 6.31. The van der Waals surface area contributed by atoms with Crippen LogP contribution in [0.25, 0.3) is 0 Å². The van der Waals surface area contributed by atoms with Gasteiger partial charge in [0, 0.05) is 23.0 Å². The van der Waals surface area contributed by atoms with Crippen molar-refractivity contribution in [1.29, 1.82) is 0 Å². The van der Waals surface area contributed by atoms with Crippen molar-refractivity contribution in [3.63, 3.8) is 0 Å². The summed E-state index contributed by atoms with van der Waals surface area (Å²) in [6, 6.07) is 6.25. The molecule has 0 saturated carbocycles. The van der Waals surface area contributed by atoms with E-state index in [1.165, 1.54) is 5.56 Å². The predicted molar refractivity (Wildman–Crippen MR) is 74.4 cm³/mol. The van der Waals surface area contributed by atoms with Crippen molar-refractivity contribution < 1.29 is 0 Å². The SMILES string of the molecule is CCNCc1ccc(Br)cc1Sc1nnnn1C. The lowest BCUT2D eigenvalue weighted by Gasteiger charge is -2.09. The molecule has 1 N–H and O–H groups in total. The molecule has 2 aromatic rings. The number of halogens is 1. The topological polar surface area (TPSA) is 55.6 Å². The maximum atomic E-state index is 3.99. The Bertz CT molecular complexity index is 528. The zero-order valence-electron chi connectivity index (χ0n) is 10.2. The molecule has 1 aromatic carbocycles. The van der Waals surface area contributed by atoms with E-state index < -0.39 is 0 Å². The Morgan fingerprint density at radius 3 is 2.94 bits per heavy atom. The van der Waals surface area contributed by atoms with Crippen molar-refractivity contribution in [2.24, 2.45) is 7.05 Å². The van der Waals surface area contributed by atoms with E-state index in [9.17, 15) is 0 Å². The summed E-state index contributed by atoms with van der Waals surface area (Å²) in [7, 11) is 1.84. The van der Waals surface area contributed by atoms with Crippen molar-refractivity contribution in [1.82, 2.24) is 25.5 Å². The molecular weight excluding hydrogens is 314 g/mol. The van der Waals surface area contributed by atoms with Crippen LogP contribution in [0, 0.1) is 0 Å². The van der Waals surface area contributed by atoms with E-state index >= 15 is 0 Å². The molecule has 0 bridgehead atoms. The van der Waals surface area contributed by atoms with Gasteiger partial charge in [-0.05, 0) is 46.4 Å². The van der Waals surface area contributed by atoms with Crippen molar-refractivity contribution in [3.8, 4) is 0 Å². The first-order chi connectivity index (χ1) is 8.70. The van der Waals surface area contributed by atoms with Crippen LogP contribution >= 0.6 is 27.7 Å². The van der Waals surface area contributed by atoms with Gasteiger partial charge in [-0.1, -0.05) is 28.9 Å². The van der Waals surface area contributed by atoms with Gasteiger partial charge in [0.15, 0.2) is 0 Å². The number of rotatable bonds is 5. The maximum Gasteiger partial charge on any atom is 0.213 e. The summed E-state index contributed by atoms with van der Waals surface area (Å²) in [6.45, 7) is 3.89. The Hall–Kier alpha value is -0.920. The number of tetrazole rings is 1. The summed E-state index contributed by atoms with van der Waals surface area (Å²) in [6.07, 6.45) is 0. The molecule has 18 heavy (non-hydrogen) atoms. The molecule has 2 rings (SSSR count). The number of nitrogens with zero attached hydrogens (tertiary/aromatic N) is 4. The normalized spacial score (nSPS) is 10.8. The quantitative estimate of drug-likeness (QED) is 0.912. The molecule has 5 nitrogen and oxygen atoms in total. The number of aryl methyl sites for hydroxylation is 1. The Labute approximate surface area is 118 Å². The molecule has 7 heteroatoms. The van der Waals surface area contributed by atoms with Crippen LogP contribution in [0.3, 0.4) is 0 Å². The fourth-order valence-corrected chi connectivity index (χ4v) is 2.85. The number of aromatic nitrogens is 4. The van der Waals surface area contributed by atoms with Crippen LogP contribution in [-0.2, 0) is 13.6 Å². The van der Waals surface area contributed by atoms with Crippen LogP contribution in [0.4, 0.5) is 0 Å². The molecule has 0 aliphatic carbocycles. The third-order valence-electron chi connectivity index (χ3n) is 2.38. The van der Waals surface area contributed by atoms with Gasteiger partial charge < -0.3 is 5.32 Å². The first-order valence-corrected chi connectivity index (χ1v) is 7.21. The summed E-state index contributed by atoms with van der Waals surface area (Å²) in [4.78, 5) is 1.16. The molecule has 0 aliphatic heterocycles. The highest BCUT2D eigenvalue weighted by molar-refractivity contribution is 9.10. The van der Waals surface area contributed by atoms with Crippen LogP contribution in [0.1, 0.15) is 12.5 Å². The minimum absolute atomic E-state index is 0.783. The highest BCUT2D eigenvalue weighted by atomic mass is 79.9. The van der Waals surface area contributed by atoms with Crippen LogP contribution in [0.5, 0.6) is 0 Å². The van der Waals surface area contributed by atoms with Gasteiger partial charge in [-0.15, -0.1) is 5.10 Å². The fraction of sp³-hybridized carbons (Fsp3) is 0.364. The van der Waals surface area contributed by atoms with Crippen LogP contribution < -0.4 is 5.32 Å². The van der Waals surface area contributed by atoms with Crippen molar-refractivity contribution >= 4 is 27.7 Å². The number of nitrogens with one attached hydrogen (secondary N) is 1. The van der Waals surface area contributed by atoms with Crippen molar-refractivity contribution in [3.05, 3.63) is 28.2 Å². The highest BCUT2D eigenvalue weighted by Crippen LogP contribution is 2.30. The minimum atomic E-state index is 0.783. The lowest BCUT2D eigenvalue weighted by atomic mass is 10.2. The Morgan fingerprint density at radius 1 is 1.44 bits per heavy atom. The van der Waals surface area contributed by atoms with Crippen LogP contribution in [-0.4, -0.2) is 26.8 Å². The third-order valence-corrected chi connectivity index (χ3v) is 4.00. The van der Waals surface area contributed by atoms with E-state index in [0.29, 0.717) is 0 Å². The molecule has 1 aromatic heterocycles. The minimum Gasteiger partial charge on any atom is -0.313 e. The largest absolute Gasteiger partial charge is 0.313 e. The average Bonchev–Trinajstić information content (AvgIpc) is 2.74. The first kappa shape index (κ1) is 13.5. The van der Waals surface area contributed by atoms with Gasteiger partial charge in [-0.2, -0.15) is 0 Å². The second-order valence-corrected chi connectivity index (χ2v) is 5.64. The summed E-state index contributed by atoms with van der Waals surface area (Å²) in [5.74, 6) is 0.